The average molecular weight is 251 g/mol. The zero-order chi connectivity index (χ0) is 12.3. The fourth-order valence-corrected chi connectivity index (χ4v) is 3.32. The van der Waals surface area contributed by atoms with Gasteiger partial charge >= 0.3 is 0 Å². The number of rotatable bonds is 10. The molecule has 1 heterocycles. The Balaban J connectivity index is 2.22. The Labute approximate surface area is 109 Å². The zero-order valence-corrected chi connectivity index (χ0v) is 12.6. The van der Waals surface area contributed by atoms with E-state index in [9.17, 15) is 0 Å². The molecule has 1 heteroatoms. The summed E-state index contributed by atoms with van der Waals surface area (Å²) in [6.45, 7) is 4.56. The first-order valence-corrected chi connectivity index (χ1v) is 8.53. The van der Waals surface area contributed by atoms with Crippen LogP contribution in [0, 0.1) is 5.80 Å². The molecule has 0 spiro atoms. The summed E-state index contributed by atoms with van der Waals surface area (Å²) in [7, 11) is 0.845. The quantitative estimate of drug-likeness (QED) is 0.463. The summed E-state index contributed by atoms with van der Waals surface area (Å²) in [6.07, 6.45) is 13.6. The molecule has 1 rings (SSSR count). The van der Waals surface area contributed by atoms with Crippen molar-refractivity contribution in [2.24, 2.45) is 0 Å². The molecule has 0 aromatic carbocycles. The summed E-state index contributed by atoms with van der Waals surface area (Å²) in [5.41, 5.74) is 3.20. The summed E-state index contributed by atoms with van der Waals surface area (Å²) in [5, 5.41) is 0. The van der Waals surface area contributed by atoms with E-state index >= 15 is 0 Å². The Morgan fingerprint density at radius 3 is 2.18 bits per heavy atom. The Morgan fingerprint density at radius 1 is 0.882 bits per heavy atom. The van der Waals surface area contributed by atoms with Crippen molar-refractivity contribution >= 4 is 8.19 Å². The van der Waals surface area contributed by atoms with E-state index in [1.807, 2.05) is 0 Å². The Bertz CT molecular complexity index is 248. The molecule has 0 N–H and O–H groups in total. The van der Waals surface area contributed by atoms with Crippen LogP contribution in [0.15, 0.2) is 5.80 Å². The van der Waals surface area contributed by atoms with Crippen LogP contribution in [0.25, 0.3) is 0 Å². The van der Waals surface area contributed by atoms with Gasteiger partial charge in [0.25, 0.3) is 0 Å². The van der Waals surface area contributed by atoms with Gasteiger partial charge in [-0.15, -0.1) is 8.19 Å². The van der Waals surface area contributed by atoms with E-state index in [0.717, 1.165) is 8.19 Å². The van der Waals surface area contributed by atoms with E-state index in [1.54, 1.807) is 11.1 Å². The van der Waals surface area contributed by atoms with Crippen LogP contribution >= 0.6 is 8.19 Å². The molecule has 1 atom stereocenters. The molecule has 1 unspecified atom stereocenters. The predicted molar refractivity (Wildman–Crippen MR) is 80.5 cm³/mol. The lowest BCUT2D eigenvalue weighted by atomic mass is 10.0. The van der Waals surface area contributed by atoms with Gasteiger partial charge in [-0.1, -0.05) is 52.4 Å². The second-order valence-electron chi connectivity index (χ2n) is 5.04. The molecular weight excluding hydrogens is 223 g/mol. The van der Waals surface area contributed by atoms with Gasteiger partial charge in [-0.05, 0) is 42.6 Å². The summed E-state index contributed by atoms with van der Waals surface area (Å²) < 4.78 is 0. The van der Waals surface area contributed by atoms with Crippen LogP contribution in [0.2, 0.25) is 0 Å². The van der Waals surface area contributed by atoms with Crippen molar-refractivity contribution in [2.75, 3.05) is 0 Å². The van der Waals surface area contributed by atoms with Crippen molar-refractivity contribution in [3.63, 3.8) is 0 Å². The first-order valence-electron chi connectivity index (χ1n) is 7.45. The molecule has 0 saturated carbocycles. The van der Waals surface area contributed by atoms with Crippen molar-refractivity contribution in [1.82, 2.24) is 0 Å². The first kappa shape index (κ1) is 14.8. The minimum absolute atomic E-state index is 0.845. The topological polar surface area (TPSA) is 0 Å². The third-order valence-electron chi connectivity index (χ3n) is 3.44. The Hall–Kier alpha value is -0.220. The first-order chi connectivity index (χ1) is 8.38. The van der Waals surface area contributed by atoms with E-state index in [-0.39, 0.29) is 0 Å². The van der Waals surface area contributed by atoms with Crippen molar-refractivity contribution in [3.8, 4) is 0 Å². The third kappa shape index (κ3) is 6.32. The molecule has 0 aliphatic rings. The Morgan fingerprint density at radius 2 is 1.53 bits per heavy atom. The van der Waals surface area contributed by atoms with Crippen molar-refractivity contribution in [1.29, 1.82) is 0 Å². The highest BCUT2D eigenvalue weighted by Crippen LogP contribution is 2.22. The maximum Gasteiger partial charge on any atom is 0.00565 e. The standard InChI is InChI=1S/C16H28P/c1-3-5-7-9-11-15-13-17-14-16(15)12-10-8-6-4-2/h13,17H,3-12H2,1-2H3. The maximum absolute atomic E-state index is 3.58. The smallest absolute Gasteiger partial charge is 0.00565 e. The highest BCUT2D eigenvalue weighted by atomic mass is 31.0. The largest absolute Gasteiger partial charge is 0.131 e. The van der Waals surface area contributed by atoms with Crippen LogP contribution in [0.5, 0.6) is 0 Å². The monoisotopic (exact) mass is 251 g/mol. The van der Waals surface area contributed by atoms with Gasteiger partial charge < -0.3 is 0 Å². The van der Waals surface area contributed by atoms with Crippen molar-refractivity contribution in [3.05, 3.63) is 22.7 Å². The van der Waals surface area contributed by atoms with E-state index in [4.69, 9.17) is 0 Å². The predicted octanol–water partition coefficient (Wildman–Crippen LogP) is 5.76. The maximum atomic E-state index is 3.58. The van der Waals surface area contributed by atoms with Gasteiger partial charge in [-0.2, -0.15) is 0 Å². The van der Waals surface area contributed by atoms with Crippen LogP contribution in [0.3, 0.4) is 0 Å². The van der Waals surface area contributed by atoms with E-state index in [0.29, 0.717) is 0 Å². The summed E-state index contributed by atoms with van der Waals surface area (Å²) in [5.74, 6) is 6.01. The molecule has 1 aromatic rings. The van der Waals surface area contributed by atoms with Gasteiger partial charge in [0, 0.05) is 5.80 Å². The van der Waals surface area contributed by atoms with Crippen LogP contribution < -0.4 is 0 Å². The summed E-state index contributed by atoms with van der Waals surface area (Å²) >= 11 is 0. The van der Waals surface area contributed by atoms with Crippen LogP contribution in [-0.2, 0) is 12.8 Å². The SMILES string of the molecule is CCCCCCc1[c][pH]cc1CCCCCC. The second-order valence-corrected chi connectivity index (χ2v) is 5.87. The summed E-state index contributed by atoms with van der Waals surface area (Å²) in [6, 6.07) is 0. The normalized spacial score (nSPS) is 10.9. The van der Waals surface area contributed by atoms with Gasteiger partial charge in [0.2, 0.25) is 0 Å². The van der Waals surface area contributed by atoms with Gasteiger partial charge in [0.15, 0.2) is 0 Å². The van der Waals surface area contributed by atoms with Gasteiger partial charge in [-0.3, -0.25) is 0 Å². The highest BCUT2D eigenvalue weighted by Gasteiger charge is 2.03. The molecule has 1 aromatic heterocycles. The second kappa shape index (κ2) is 9.77. The van der Waals surface area contributed by atoms with E-state index in [2.05, 4.69) is 25.4 Å². The number of hydrogen-bond donors (Lipinski definition) is 0. The number of unbranched alkanes of at least 4 members (excludes halogenated alkanes) is 6. The number of hydrogen-bond acceptors (Lipinski definition) is 0. The molecule has 0 saturated heterocycles. The molecule has 0 bridgehead atoms. The van der Waals surface area contributed by atoms with Crippen LogP contribution in [0.1, 0.15) is 76.3 Å². The average Bonchev–Trinajstić information content (AvgIpc) is 2.78. The molecule has 17 heavy (non-hydrogen) atoms. The molecular formula is C16H28P. The third-order valence-corrected chi connectivity index (χ3v) is 4.38. The van der Waals surface area contributed by atoms with Crippen LogP contribution in [0.4, 0.5) is 0 Å². The molecule has 0 aliphatic carbocycles. The molecule has 0 aliphatic heterocycles. The van der Waals surface area contributed by atoms with Gasteiger partial charge in [0.05, 0.1) is 0 Å². The van der Waals surface area contributed by atoms with Crippen LogP contribution in [-0.4, -0.2) is 0 Å². The number of aryl methyl sites for hydroxylation is 2. The molecule has 0 nitrogen and oxygen atoms in total. The molecule has 0 amide bonds. The fourth-order valence-electron chi connectivity index (χ4n) is 2.29. The van der Waals surface area contributed by atoms with Crippen molar-refractivity contribution in [2.45, 2.75) is 78.1 Å². The van der Waals surface area contributed by atoms with Crippen molar-refractivity contribution < 1.29 is 0 Å². The molecule has 1 radical (unpaired) electrons. The fraction of sp³-hybridized carbons (Fsp3) is 0.750. The zero-order valence-electron chi connectivity index (χ0n) is 11.6. The minimum atomic E-state index is 0.845. The van der Waals surface area contributed by atoms with Gasteiger partial charge in [0.1, 0.15) is 0 Å². The Kier molecular flexibility index (Phi) is 8.53. The van der Waals surface area contributed by atoms with E-state index < -0.39 is 0 Å². The van der Waals surface area contributed by atoms with Gasteiger partial charge in [-0.25, -0.2) is 0 Å². The molecule has 97 valence electrons. The lowest BCUT2D eigenvalue weighted by Gasteiger charge is -2.04. The summed E-state index contributed by atoms with van der Waals surface area (Å²) in [4.78, 5) is 0. The minimum Gasteiger partial charge on any atom is -0.131 e. The van der Waals surface area contributed by atoms with E-state index in [1.165, 1.54) is 64.2 Å². The lowest BCUT2D eigenvalue weighted by Crippen LogP contribution is -1.91. The highest BCUT2D eigenvalue weighted by molar-refractivity contribution is 7.28. The lowest BCUT2D eigenvalue weighted by molar-refractivity contribution is 0.652. The molecule has 0 fully saturated rings.